The van der Waals surface area contributed by atoms with Gasteiger partial charge in [0.25, 0.3) is 0 Å². The van der Waals surface area contributed by atoms with Gasteiger partial charge in [-0.2, -0.15) is 0 Å². The molecular formula is C11H16O4. The molecule has 1 saturated carbocycles. The van der Waals surface area contributed by atoms with E-state index in [1.165, 1.54) is 0 Å². The van der Waals surface area contributed by atoms with Gasteiger partial charge >= 0.3 is 5.97 Å². The topological polar surface area (TPSA) is 44.8 Å². The molecule has 0 atom stereocenters. The second-order valence-corrected chi connectivity index (χ2v) is 4.83. The molecule has 0 aromatic heterocycles. The Morgan fingerprint density at radius 3 is 2.40 bits per heavy atom. The smallest absolute Gasteiger partial charge is 0.311 e. The van der Waals surface area contributed by atoms with Crippen LogP contribution in [0.2, 0.25) is 0 Å². The molecule has 84 valence electrons. The number of rotatable bonds is 0. The van der Waals surface area contributed by atoms with Crippen molar-refractivity contribution in [2.45, 2.75) is 49.9 Å². The predicted octanol–water partition coefficient (Wildman–Crippen LogP) is 1.38. The van der Waals surface area contributed by atoms with Crippen molar-refractivity contribution in [1.29, 1.82) is 0 Å². The van der Waals surface area contributed by atoms with Crippen molar-refractivity contribution in [2.75, 3.05) is 13.2 Å². The number of hydrogen-bond donors (Lipinski definition) is 0. The van der Waals surface area contributed by atoms with Crippen molar-refractivity contribution in [3.05, 3.63) is 0 Å². The molecule has 4 nitrogen and oxygen atoms in total. The fourth-order valence-electron chi connectivity index (χ4n) is 3.09. The van der Waals surface area contributed by atoms with Crippen LogP contribution in [-0.4, -0.2) is 30.6 Å². The van der Waals surface area contributed by atoms with E-state index in [0.29, 0.717) is 13.2 Å². The van der Waals surface area contributed by atoms with Crippen LogP contribution < -0.4 is 0 Å². The van der Waals surface area contributed by atoms with Gasteiger partial charge < -0.3 is 14.2 Å². The molecule has 0 bridgehead atoms. The lowest BCUT2D eigenvalue weighted by Crippen LogP contribution is -2.50. The third-order valence-corrected chi connectivity index (χ3v) is 3.66. The first-order valence-corrected chi connectivity index (χ1v) is 5.72. The lowest BCUT2D eigenvalue weighted by atomic mass is 9.88. The molecule has 1 aliphatic carbocycles. The molecule has 0 aromatic rings. The Morgan fingerprint density at radius 1 is 1.07 bits per heavy atom. The zero-order valence-corrected chi connectivity index (χ0v) is 8.79. The van der Waals surface area contributed by atoms with Crippen molar-refractivity contribution >= 4 is 5.97 Å². The molecule has 3 aliphatic rings. The molecule has 3 rings (SSSR count). The molecule has 0 unspecified atom stereocenters. The Hall–Kier alpha value is -0.610. The fraction of sp³-hybridized carbons (Fsp3) is 0.909. The van der Waals surface area contributed by atoms with Crippen molar-refractivity contribution < 1.29 is 19.0 Å². The van der Waals surface area contributed by atoms with Gasteiger partial charge in [0.2, 0.25) is 0 Å². The minimum Gasteiger partial charge on any atom is -0.459 e. The van der Waals surface area contributed by atoms with Gasteiger partial charge in [0.15, 0.2) is 5.79 Å². The summed E-state index contributed by atoms with van der Waals surface area (Å²) in [5.74, 6) is -0.815. The molecule has 4 heteroatoms. The Labute approximate surface area is 88.9 Å². The summed E-state index contributed by atoms with van der Waals surface area (Å²) in [7, 11) is 0. The molecule has 0 aromatic carbocycles. The Kier molecular flexibility index (Phi) is 2.04. The van der Waals surface area contributed by atoms with E-state index in [9.17, 15) is 4.79 Å². The minimum absolute atomic E-state index is 0.162. The van der Waals surface area contributed by atoms with Crippen LogP contribution in [0.25, 0.3) is 0 Å². The van der Waals surface area contributed by atoms with Crippen LogP contribution in [0, 0.1) is 0 Å². The lowest BCUT2D eigenvalue weighted by molar-refractivity contribution is -0.239. The van der Waals surface area contributed by atoms with Crippen molar-refractivity contribution in [1.82, 2.24) is 0 Å². The van der Waals surface area contributed by atoms with E-state index in [-0.39, 0.29) is 18.0 Å². The number of carbonyl (C=O) groups is 1. The first-order valence-electron chi connectivity index (χ1n) is 5.72. The second-order valence-electron chi connectivity index (χ2n) is 4.83. The SMILES string of the molecule is O=C1CC2(CC3(CCCC3)O1)OCCO2. The molecular weight excluding hydrogens is 196 g/mol. The third kappa shape index (κ3) is 1.56. The number of ether oxygens (including phenoxy) is 3. The summed E-state index contributed by atoms with van der Waals surface area (Å²) >= 11 is 0. The highest BCUT2D eigenvalue weighted by molar-refractivity contribution is 5.72. The van der Waals surface area contributed by atoms with Crippen LogP contribution >= 0.6 is 0 Å². The number of hydrogen-bond acceptors (Lipinski definition) is 4. The van der Waals surface area contributed by atoms with Crippen LogP contribution in [0.5, 0.6) is 0 Å². The summed E-state index contributed by atoms with van der Waals surface area (Å²) in [5.41, 5.74) is -0.278. The standard InChI is InChI=1S/C11H16O4/c12-9-7-11(13-5-6-14-11)8-10(15-9)3-1-2-4-10/h1-8H2. The molecule has 2 saturated heterocycles. The second kappa shape index (κ2) is 3.19. The summed E-state index contributed by atoms with van der Waals surface area (Å²) in [6.07, 6.45) is 5.20. The van der Waals surface area contributed by atoms with Crippen LogP contribution in [0.3, 0.4) is 0 Å². The van der Waals surface area contributed by atoms with Gasteiger partial charge in [-0.25, -0.2) is 0 Å². The predicted molar refractivity (Wildman–Crippen MR) is 51.2 cm³/mol. The lowest BCUT2D eigenvalue weighted by Gasteiger charge is -2.41. The number of carbonyl (C=O) groups excluding carboxylic acids is 1. The first kappa shape index (κ1) is 9.60. The van der Waals surface area contributed by atoms with Gasteiger partial charge in [-0.15, -0.1) is 0 Å². The molecule has 2 spiro atoms. The van der Waals surface area contributed by atoms with Gasteiger partial charge in [0, 0.05) is 6.42 Å². The summed E-state index contributed by atoms with van der Waals surface area (Å²) in [6, 6.07) is 0. The molecule has 3 fully saturated rings. The van der Waals surface area contributed by atoms with Gasteiger partial charge in [-0.1, -0.05) is 0 Å². The van der Waals surface area contributed by atoms with Gasteiger partial charge in [0.1, 0.15) is 5.60 Å². The molecule has 2 heterocycles. The highest BCUT2D eigenvalue weighted by Gasteiger charge is 2.54. The van der Waals surface area contributed by atoms with Gasteiger partial charge in [-0.05, 0) is 25.7 Å². The Morgan fingerprint density at radius 2 is 1.73 bits per heavy atom. The van der Waals surface area contributed by atoms with Gasteiger partial charge in [-0.3, -0.25) is 4.79 Å². The third-order valence-electron chi connectivity index (χ3n) is 3.66. The quantitative estimate of drug-likeness (QED) is 0.569. The Bertz CT molecular complexity index is 248. The van der Waals surface area contributed by atoms with E-state index >= 15 is 0 Å². The van der Waals surface area contributed by atoms with Gasteiger partial charge in [0.05, 0.1) is 19.6 Å². The van der Waals surface area contributed by atoms with Crippen LogP contribution in [0.4, 0.5) is 0 Å². The highest BCUT2D eigenvalue weighted by atomic mass is 16.7. The highest BCUT2D eigenvalue weighted by Crippen LogP contribution is 2.46. The molecule has 2 aliphatic heterocycles. The maximum atomic E-state index is 11.6. The number of esters is 1. The fourth-order valence-corrected chi connectivity index (χ4v) is 3.09. The summed E-state index contributed by atoms with van der Waals surface area (Å²) < 4.78 is 16.8. The van der Waals surface area contributed by atoms with Crippen molar-refractivity contribution in [2.24, 2.45) is 0 Å². The minimum atomic E-state index is -0.653. The normalized spacial score (nSPS) is 32.4. The van der Waals surface area contributed by atoms with Crippen molar-refractivity contribution in [3.63, 3.8) is 0 Å². The Balaban J connectivity index is 1.84. The summed E-state index contributed by atoms with van der Waals surface area (Å²) in [4.78, 5) is 11.6. The average molecular weight is 212 g/mol. The maximum Gasteiger partial charge on any atom is 0.311 e. The monoisotopic (exact) mass is 212 g/mol. The van der Waals surface area contributed by atoms with Crippen molar-refractivity contribution in [3.8, 4) is 0 Å². The molecule has 0 N–H and O–H groups in total. The first-order chi connectivity index (χ1) is 7.22. The average Bonchev–Trinajstić information content (AvgIpc) is 2.75. The van der Waals surface area contributed by atoms with Crippen LogP contribution in [0.1, 0.15) is 38.5 Å². The van der Waals surface area contributed by atoms with E-state index in [2.05, 4.69) is 0 Å². The van der Waals surface area contributed by atoms with Crippen LogP contribution in [-0.2, 0) is 19.0 Å². The van der Waals surface area contributed by atoms with E-state index < -0.39 is 5.79 Å². The maximum absolute atomic E-state index is 11.6. The van der Waals surface area contributed by atoms with E-state index in [0.717, 1.165) is 32.1 Å². The summed E-state index contributed by atoms with van der Waals surface area (Å²) in [6.45, 7) is 1.20. The van der Waals surface area contributed by atoms with E-state index in [1.54, 1.807) is 0 Å². The zero-order valence-electron chi connectivity index (χ0n) is 8.79. The molecule has 0 radical (unpaired) electrons. The zero-order chi connectivity index (χ0) is 10.4. The van der Waals surface area contributed by atoms with E-state index in [1.807, 2.05) is 0 Å². The summed E-state index contributed by atoms with van der Waals surface area (Å²) in [5, 5.41) is 0. The van der Waals surface area contributed by atoms with Crippen LogP contribution in [0.15, 0.2) is 0 Å². The molecule has 15 heavy (non-hydrogen) atoms. The van der Waals surface area contributed by atoms with E-state index in [4.69, 9.17) is 14.2 Å². The largest absolute Gasteiger partial charge is 0.459 e. The molecule has 0 amide bonds.